The van der Waals surface area contributed by atoms with Crippen LogP contribution in [0.25, 0.3) is 0 Å². The van der Waals surface area contributed by atoms with Crippen molar-refractivity contribution in [2.75, 3.05) is 5.32 Å². The summed E-state index contributed by atoms with van der Waals surface area (Å²) >= 11 is 0. The number of anilines is 1. The van der Waals surface area contributed by atoms with Gasteiger partial charge < -0.3 is 10.4 Å². The van der Waals surface area contributed by atoms with E-state index in [1.165, 1.54) is 11.1 Å². The van der Waals surface area contributed by atoms with Crippen LogP contribution in [0, 0.1) is 5.92 Å². The van der Waals surface area contributed by atoms with Crippen LogP contribution in [0.4, 0.5) is 5.69 Å². The van der Waals surface area contributed by atoms with E-state index in [0.29, 0.717) is 17.2 Å². The van der Waals surface area contributed by atoms with E-state index >= 15 is 0 Å². The van der Waals surface area contributed by atoms with E-state index in [1.54, 1.807) is 24.3 Å². The lowest BCUT2D eigenvalue weighted by Crippen LogP contribution is -2.16. The SMILES string of the molecule is CC(C)c1ccc(C2CC2C(=O)Nc2ccccc2CC(=O)O)cc1. The van der Waals surface area contributed by atoms with Crippen molar-refractivity contribution >= 4 is 17.6 Å². The van der Waals surface area contributed by atoms with E-state index in [1.807, 2.05) is 0 Å². The second-order valence-corrected chi connectivity index (χ2v) is 6.99. The van der Waals surface area contributed by atoms with E-state index in [0.717, 1.165) is 6.42 Å². The highest BCUT2D eigenvalue weighted by atomic mass is 16.4. The van der Waals surface area contributed by atoms with Crippen molar-refractivity contribution in [3.8, 4) is 0 Å². The molecule has 1 aliphatic rings. The van der Waals surface area contributed by atoms with Gasteiger partial charge in [-0.25, -0.2) is 0 Å². The van der Waals surface area contributed by atoms with Crippen molar-refractivity contribution in [3.63, 3.8) is 0 Å². The molecule has 0 spiro atoms. The molecule has 2 N–H and O–H groups in total. The summed E-state index contributed by atoms with van der Waals surface area (Å²) in [6.07, 6.45) is 0.745. The summed E-state index contributed by atoms with van der Waals surface area (Å²) in [5, 5.41) is 11.9. The van der Waals surface area contributed by atoms with Crippen LogP contribution in [0.3, 0.4) is 0 Å². The number of nitrogens with one attached hydrogen (secondary N) is 1. The monoisotopic (exact) mass is 337 g/mol. The van der Waals surface area contributed by atoms with Gasteiger partial charge in [0.05, 0.1) is 6.42 Å². The Balaban J connectivity index is 1.65. The Morgan fingerprint density at radius 1 is 1.12 bits per heavy atom. The molecule has 2 unspecified atom stereocenters. The van der Waals surface area contributed by atoms with E-state index in [-0.39, 0.29) is 24.2 Å². The minimum absolute atomic E-state index is 0.0317. The molecular weight excluding hydrogens is 314 g/mol. The maximum Gasteiger partial charge on any atom is 0.307 e. The van der Waals surface area contributed by atoms with Gasteiger partial charge in [-0.3, -0.25) is 9.59 Å². The molecule has 0 bridgehead atoms. The van der Waals surface area contributed by atoms with Crippen molar-refractivity contribution in [2.24, 2.45) is 5.92 Å². The predicted molar refractivity (Wildman–Crippen MR) is 97.8 cm³/mol. The lowest BCUT2D eigenvalue weighted by atomic mass is 10.00. The van der Waals surface area contributed by atoms with Crippen LogP contribution in [0.2, 0.25) is 0 Å². The van der Waals surface area contributed by atoms with Gasteiger partial charge in [-0.1, -0.05) is 56.3 Å². The highest BCUT2D eigenvalue weighted by Gasteiger charge is 2.44. The number of para-hydroxylation sites is 1. The van der Waals surface area contributed by atoms with Gasteiger partial charge in [-0.15, -0.1) is 0 Å². The van der Waals surface area contributed by atoms with Gasteiger partial charge in [0, 0.05) is 11.6 Å². The van der Waals surface area contributed by atoms with Crippen LogP contribution in [0.5, 0.6) is 0 Å². The number of aliphatic carboxylic acids is 1. The fourth-order valence-electron chi connectivity index (χ4n) is 3.17. The maximum atomic E-state index is 12.5. The fraction of sp³-hybridized carbons (Fsp3) is 0.333. The summed E-state index contributed by atoms with van der Waals surface area (Å²) in [4.78, 5) is 23.5. The van der Waals surface area contributed by atoms with Crippen LogP contribution >= 0.6 is 0 Å². The highest BCUT2D eigenvalue weighted by molar-refractivity contribution is 5.96. The molecule has 1 saturated carbocycles. The number of carbonyl (C=O) groups is 2. The Kier molecular flexibility index (Phi) is 4.88. The van der Waals surface area contributed by atoms with Crippen LogP contribution < -0.4 is 5.32 Å². The van der Waals surface area contributed by atoms with Crippen molar-refractivity contribution < 1.29 is 14.7 Å². The van der Waals surface area contributed by atoms with E-state index in [4.69, 9.17) is 5.11 Å². The smallest absolute Gasteiger partial charge is 0.307 e. The Morgan fingerprint density at radius 2 is 1.80 bits per heavy atom. The third kappa shape index (κ3) is 4.08. The summed E-state index contributed by atoms with van der Waals surface area (Å²) < 4.78 is 0. The first-order chi connectivity index (χ1) is 12.0. The third-order valence-corrected chi connectivity index (χ3v) is 4.78. The van der Waals surface area contributed by atoms with Gasteiger partial charge in [-0.2, -0.15) is 0 Å². The van der Waals surface area contributed by atoms with Crippen LogP contribution in [-0.2, 0) is 16.0 Å². The van der Waals surface area contributed by atoms with E-state index in [9.17, 15) is 9.59 Å². The number of carboxylic acid groups (broad SMARTS) is 1. The fourth-order valence-corrected chi connectivity index (χ4v) is 3.17. The number of hydrogen-bond donors (Lipinski definition) is 2. The molecule has 130 valence electrons. The summed E-state index contributed by atoms with van der Waals surface area (Å²) in [6, 6.07) is 15.6. The average molecular weight is 337 g/mol. The molecule has 0 aliphatic heterocycles. The van der Waals surface area contributed by atoms with Crippen molar-refractivity contribution in [1.29, 1.82) is 0 Å². The summed E-state index contributed by atoms with van der Waals surface area (Å²) in [5.74, 6) is -0.222. The Hall–Kier alpha value is -2.62. The number of hydrogen-bond acceptors (Lipinski definition) is 2. The second kappa shape index (κ2) is 7.09. The first kappa shape index (κ1) is 17.2. The number of amides is 1. The molecule has 1 amide bonds. The molecule has 0 heterocycles. The van der Waals surface area contributed by atoms with Gasteiger partial charge in [0.15, 0.2) is 0 Å². The van der Waals surface area contributed by atoms with E-state index in [2.05, 4.69) is 43.4 Å². The molecule has 2 aromatic carbocycles. The molecule has 0 aromatic heterocycles. The topological polar surface area (TPSA) is 66.4 Å². The first-order valence-electron chi connectivity index (χ1n) is 8.66. The second-order valence-electron chi connectivity index (χ2n) is 6.99. The Bertz CT molecular complexity index is 780. The predicted octanol–water partition coefficient (Wildman–Crippen LogP) is 4.18. The molecule has 2 atom stereocenters. The molecular formula is C21H23NO3. The molecule has 0 radical (unpaired) electrons. The third-order valence-electron chi connectivity index (χ3n) is 4.78. The minimum atomic E-state index is -0.906. The normalized spacial score (nSPS) is 18.8. The Morgan fingerprint density at radius 3 is 2.44 bits per heavy atom. The number of carboxylic acids is 1. The molecule has 0 saturated heterocycles. The summed E-state index contributed by atoms with van der Waals surface area (Å²) in [5.41, 5.74) is 3.72. The zero-order chi connectivity index (χ0) is 18.0. The minimum Gasteiger partial charge on any atom is -0.481 e. The first-order valence-corrected chi connectivity index (χ1v) is 8.66. The molecule has 1 fully saturated rings. The number of rotatable bonds is 6. The quantitative estimate of drug-likeness (QED) is 0.831. The molecule has 4 nitrogen and oxygen atoms in total. The molecule has 4 heteroatoms. The largest absolute Gasteiger partial charge is 0.481 e. The highest BCUT2D eigenvalue weighted by Crippen LogP contribution is 2.48. The Labute approximate surface area is 147 Å². The summed E-state index contributed by atoms with van der Waals surface area (Å²) in [6.45, 7) is 4.33. The zero-order valence-electron chi connectivity index (χ0n) is 14.5. The van der Waals surface area contributed by atoms with Crippen molar-refractivity contribution in [1.82, 2.24) is 0 Å². The van der Waals surface area contributed by atoms with Crippen LogP contribution in [0.1, 0.15) is 48.8 Å². The molecule has 1 aliphatic carbocycles. The number of carbonyl (C=O) groups excluding carboxylic acids is 1. The lowest BCUT2D eigenvalue weighted by molar-refractivity contribution is -0.136. The molecule has 25 heavy (non-hydrogen) atoms. The van der Waals surface area contributed by atoms with E-state index < -0.39 is 5.97 Å². The van der Waals surface area contributed by atoms with Gasteiger partial charge >= 0.3 is 5.97 Å². The lowest BCUT2D eigenvalue weighted by Gasteiger charge is -2.10. The molecule has 3 rings (SSSR count). The zero-order valence-corrected chi connectivity index (χ0v) is 14.5. The van der Waals surface area contributed by atoms with Gasteiger partial charge in [0.1, 0.15) is 0 Å². The van der Waals surface area contributed by atoms with Gasteiger partial charge in [0.25, 0.3) is 0 Å². The number of benzene rings is 2. The maximum absolute atomic E-state index is 12.5. The average Bonchev–Trinajstić information content (AvgIpc) is 3.37. The standard InChI is InChI=1S/C21H23NO3/c1-13(2)14-7-9-15(10-8-14)17-12-18(17)21(25)22-19-6-4-3-5-16(19)11-20(23)24/h3-10,13,17-18H,11-12H2,1-2H3,(H,22,25)(H,23,24). The van der Waals surface area contributed by atoms with Crippen LogP contribution in [0.15, 0.2) is 48.5 Å². The van der Waals surface area contributed by atoms with Crippen molar-refractivity contribution in [2.45, 2.75) is 38.5 Å². The summed E-state index contributed by atoms with van der Waals surface area (Å²) in [7, 11) is 0. The van der Waals surface area contributed by atoms with Crippen LogP contribution in [-0.4, -0.2) is 17.0 Å². The van der Waals surface area contributed by atoms with Gasteiger partial charge in [-0.05, 0) is 41.0 Å². The van der Waals surface area contributed by atoms with Crippen molar-refractivity contribution in [3.05, 3.63) is 65.2 Å². The molecule has 2 aromatic rings. The van der Waals surface area contributed by atoms with Gasteiger partial charge in [0.2, 0.25) is 5.91 Å².